The minimum Gasteiger partial charge on any atom is -0.478 e. The van der Waals surface area contributed by atoms with Gasteiger partial charge in [0.1, 0.15) is 11.1 Å². The van der Waals surface area contributed by atoms with Gasteiger partial charge in [0, 0.05) is 23.0 Å². The summed E-state index contributed by atoms with van der Waals surface area (Å²) in [6.07, 6.45) is 5.25. The van der Waals surface area contributed by atoms with E-state index in [4.69, 9.17) is 4.42 Å². The monoisotopic (exact) mass is 498 g/mol. The number of pyridine rings is 1. The van der Waals surface area contributed by atoms with Crippen LogP contribution in [0.15, 0.2) is 70.6 Å². The second kappa shape index (κ2) is 15.2. The number of hydrogen-bond donors (Lipinski definition) is 2. The summed E-state index contributed by atoms with van der Waals surface area (Å²) in [5.41, 5.74) is 0.925. The van der Waals surface area contributed by atoms with Gasteiger partial charge in [0.05, 0.1) is 10.6 Å². The van der Waals surface area contributed by atoms with Crippen LogP contribution in [0.4, 0.5) is 10.1 Å². The standard InChI is InChI=1S/C19H11FN2O4S.C4H8.2C2H6/c20-15-8-11(5-6-21-15)17-16(19(24)25)12(9-27-17)22-18(23)14-7-10-3-1-2-4-13(10)26-14;1-3-4-2;2*1-2/h1-9H,(H,22,23)(H,24,25);3-4H,1-2H3;2*1-2H3/b;4-3-;;. The summed E-state index contributed by atoms with van der Waals surface area (Å²) >= 11 is 1.09. The molecular weight excluding hydrogens is 467 g/mol. The number of rotatable bonds is 4. The fraction of sp³-hybridized carbons (Fsp3) is 0.222. The van der Waals surface area contributed by atoms with Crippen molar-refractivity contribution in [1.82, 2.24) is 4.98 Å². The Balaban J connectivity index is 0.000000684. The van der Waals surface area contributed by atoms with Crippen molar-refractivity contribution in [3.8, 4) is 10.4 Å². The van der Waals surface area contributed by atoms with E-state index in [-0.39, 0.29) is 17.0 Å². The van der Waals surface area contributed by atoms with Crippen molar-refractivity contribution in [2.24, 2.45) is 0 Å². The summed E-state index contributed by atoms with van der Waals surface area (Å²) in [6, 6.07) is 11.4. The van der Waals surface area contributed by atoms with Gasteiger partial charge in [-0.3, -0.25) is 4.79 Å². The number of allylic oxidation sites excluding steroid dienone is 2. The van der Waals surface area contributed by atoms with Gasteiger partial charge in [-0.1, -0.05) is 58.0 Å². The third-order valence-electron chi connectivity index (χ3n) is 4.22. The number of thiophene rings is 1. The van der Waals surface area contributed by atoms with Crippen LogP contribution in [0.5, 0.6) is 0 Å². The normalized spacial score (nSPS) is 9.80. The van der Waals surface area contributed by atoms with Gasteiger partial charge in [-0.25, -0.2) is 9.78 Å². The smallest absolute Gasteiger partial charge is 0.339 e. The molecule has 0 unspecified atom stereocenters. The zero-order valence-electron chi connectivity index (χ0n) is 20.8. The van der Waals surface area contributed by atoms with Crippen LogP contribution < -0.4 is 5.32 Å². The average Bonchev–Trinajstić information content (AvgIpc) is 3.51. The van der Waals surface area contributed by atoms with Gasteiger partial charge >= 0.3 is 5.97 Å². The molecule has 0 spiro atoms. The summed E-state index contributed by atoms with van der Waals surface area (Å²) < 4.78 is 18.9. The van der Waals surface area contributed by atoms with Crippen molar-refractivity contribution < 1.29 is 23.5 Å². The molecule has 3 heterocycles. The number of fused-ring (bicyclic) bond motifs is 1. The Bertz CT molecular complexity index is 1220. The number of para-hydroxylation sites is 1. The molecule has 35 heavy (non-hydrogen) atoms. The van der Waals surface area contributed by atoms with Gasteiger partial charge in [-0.2, -0.15) is 4.39 Å². The Morgan fingerprint density at radius 2 is 1.71 bits per heavy atom. The summed E-state index contributed by atoms with van der Waals surface area (Å²) in [7, 11) is 0. The first-order chi connectivity index (χ1) is 16.9. The number of hydrogen-bond acceptors (Lipinski definition) is 5. The van der Waals surface area contributed by atoms with E-state index >= 15 is 0 Å². The number of carboxylic acid groups (broad SMARTS) is 1. The predicted octanol–water partition coefficient (Wildman–Crippen LogP) is 8.28. The maximum Gasteiger partial charge on any atom is 0.339 e. The number of halogens is 1. The van der Waals surface area contributed by atoms with E-state index in [2.05, 4.69) is 10.3 Å². The molecule has 186 valence electrons. The number of amides is 1. The number of carbonyl (C=O) groups excluding carboxylic acids is 1. The number of nitrogens with one attached hydrogen (secondary N) is 1. The average molecular weight is 499 g/mol. The van der Waals surface area contributed by atoms with Crippen LogP contribution in [0, 0.1) is 5.95 Å². The van der Waals surface area contributed by atoms with E-state index < -0.39 is 17.8 Å². The summed E-state index contributed by atoms with van der Waals surface area (Å²) in [4.78, 5) is 28.0. The van der Waals surface area contributed by atoms with Crippen LogP contribution in [0.3, 0.4) is 0 Å². The lowest BCUT2D eigenvalue weighted by atomic mass is 10.1. The SMILES string of the molecule is C/C=C\C.CC.CC.O=C(Nc1csc(-c2ccnc(F)c2)c1C(=O)O)c1cc2ccccc2o1. The van der Waals surface area contributed by atoms with Crippen LogP contribution in [-0.2, 0) is 0 Å². The zero-order chi connectivity index (χ0) is 26.4. The van der Waals surface area contributed by atoms with Crippen molar-refractivity contribution in [3.63, 3.8) is 0 Å². The van der Waals surface area contributed by atoms with Gasteiger partial charge in [0.2, 0.25) is 5.95 Å². The van der Waals surface area contributed by atoms with E-state index in [0.29, 0.717) is 16.0 Å². The molecule has 0 atom stereocenters. The first kappa shape index (κ1) is 29.3. The Morgan fingerprint density at radius 3 is 2.29 bits per heavy atom. The van der Waals surface area contributed by atoms with Crippen molar-refractivity contribution in [3.05, 3.63) is 83.5 Å². The van der Waals surface area contributed by atoms with Gasteiger partial charge in [0.15, 0.2) is 5.76 Å². The third kappa shape index (κ3) is 7.89. The molecule has 8 heteroatoms. The number of aromatic carboxylic acids is 1. The Kier molecular flexibility index (Phi) is 12.7. The number of nitrogens with zero attached hydrogens (tertiary/aromatic N) is 1. The number of anilines is 1. The minimum absolute atomic E-state index is 0.0650. The molecule has 1 amide bonds. The zero-order valence-corrected chi connectivity index (χ0v) is 21.6. The van der Waals surface area contributed by atoms with Gasteiger partial charge in [0.25, 0.3) is 5.91 Å². The van der Waals surface area contributed by atoms with Crippen molar-refractivity contribution >= 4 is 39.9 Å². The van der Waals surface area contributed by atoms with Crippen LogP contribution in [0.25, 0.3) is 21.4 Å². The maximum absolute atomic E-state index is 13.4. The number of carboxylic acids is 1. The molecule has 6 nitrogen and oxygen atoms in total. The molecule has 0 radical (unpaired) electrons. The molecule has 2 N–H and O–H groups in total. The molecule has 1 aromatic carbocycles. The molecule has 0 bridgehead atoms. The van der Waals surface area contributed by atoms with E-state index in [1.165, 1.54) is 17.6 Å². The molecule has 0 aliphatic rings. The van der Waals surface area contributed by atoms with Gasteiger partial charge < -0.3 is 14.8 Å². The molecule has 0 saturated carbocycles. The van der Waals surface area contributed by atoms with Crippen molar-refractivity contribution in [2.45, 2.75) is 41.5 Å². The third-order valence-corrected chi connectivity index (χ3v) is 5.25. The fourth-order valence-corrected chi connectivity index (χ4v) is 3.69. The maximum atomic E-state index is 13.4. The lowest BCUT2D eigenvalue weighted by molar-refractivity contribution is 0.0699. The Hall–Kier alpha value is -3.78. The number of benzene rings is 1. The van der Waals surface area contributed by atoms with E-state index in [0.717, 1.165) is 22.8 Å². The fourth-order valence-electron chi connectivity index (χ4n) is 2.70. The molecule has 0 aliphatic carbocycles. The van der Waals surface area contributed by atoms with Crippen LogP contribution in [-0.4, -0.2) is 22.0 Å². The van der Waals surface area contributed by atoms with Gasteiger partial charge in [-0.15, -0.1) is 11.3 Å². The first-order valence-electron chi connectivity index (χ1n) is 11.3. The molecule has 4 rings (SSSR count). The number of furan rings is 1. The van der Waals surface area contributed by atoms with Crippen LogP contribution in [0.2, 0.25) is 0 Å². The van der Waals surface area contributed by atoms with Crippen LogP contribution >= 0.6 is 11.3 Å². The van der Waals surface area contributed by atoms with Crippen LogP contribution in [0.1, 0.15) is 62.5 Å². The highest BCUT2D eigenvalue weighted by atomic mass is 32.1. The van der Waals surface area contributed by atoms with Gasteiger partial charge in [-0.05, 0) is 37.6 Å². The topological polar surface area (TPSA) is 92.4 Å². The highest BCUT2D eigenvalue weighted by molar-refractivity contribution is 7.14. The Morgan fingerprint density at radius 1 is 1.06 bits per heavy atom. The summed E-state index contributed by atoms with van der Waals surface area (Å²) in [5.74, 6) is -2.46. The summed E-state index contributed by atoms with van der Waals surface area (Å²) in [5, 5.41) is 14.4. The van der Waals surface area contributed by atoms with Crippen molar-refractivity contribution in [1.29, 1.82) is 0 Å². The van der Waals surface area contributed by atoms with E-state index in [1.807, 2.05) is 59.8 Å². The summed E-state index contributed by atoms with van der Waals surface area (Å²) in [6.45, 7) is 12.0. The predicted molar refractivity (Wildman–Crippen MR) is 142 cm³/mol. The number of carbonyl (C=O) groups is 2. The highest BCUT2D eigenvalue weighted by Gasteiger charge is 2.23. The second-order valence-electron chi connectivity index (χ2n) is 6.30. The Labute approximate surface area is 209 Å². The molecule has 0 aliphatic heterocycles. The lowest BCUT2D eigenvalue weighted by Crippen LogP contribution is -2.13. The molecular formula is C27H31FN2O4S. The van der Waals surface area contributed by atoms with Crippen molar-refractivity contribution in [2.75, 3.05) is 5.32 Å². The molecule has 0 fully saturated rings. The largest absolute Gasteiger partial charge is 0.478 e. The molecule has 0 saturated heterocycles. The molecule has 3 aromatic heterocycles. The minimum atomic E-state index is -1.23. The molecule has 4 aromatic rings. The van der Waals surface area contributed by atoms with E-state index in [9.17, 15) is 19.1 Å². The second-order valence-corrected chi connectivity index (χ2v) is 7.17. The first-order valence-corrected chi connectivity index (χ1v) is 12.2. The number of aromatic nitrogens is 1. The highest BCUT2D eigenvalue weighted by Crippen LogP contribution is 2.36. The quantitative estimate of drug-likeness (QED) is 0.218. The van der Waals surface area contributed by atoms with E-state index in [1.54, 1.807) is 24.3 Å². The lowest BCUT2D eigenvalue weighted by Gasteiger charge is -2.05.